The summed E-state index contributed by atoms with van der Waals surface area (Å²) in [5.74, 6) is 1.02. The lowest BCUT2D eigenvalue weighted by Crippen LogP contribution is -2.05. The van der Waals surface area contributed by atoms with Crippen LogP contribution in [0.3, 0.4) is 0 Å². The summed E-state index contributed by atoms with van der Waals surface area (Å²) in [6, 6.07) is 8.59. The van der Waals surface area contributed by atoms with Gasteiger partial charge in [-0.1, -0.05) is 42.8 Å². The number of ether oxygens (including phenoxy) is 1. The number of benzene rings is 3. The van der Waals surface area contributed by atoms with Crippen LogP contribution in [0.1, 0.15) is 60.4 Å². The molecule has 1 unspecified atom stereocenters. The number of rotatable bonds is 4. The Hall–Kier alpha value is -3.74. The molecule has 1 aliphatic rings. The van der Waals surface area contributed by atoms with Gasteiger partial charge in [0.2, 0.25) is 0 Å². The predicted molar refractivity (Wildman–Crippen MR) is 134 cm³/mol. The summed E-state index contributed by atoms with van der Waals surface area (Å²) in [5.41, 5.74) is 14.4. The van der Waals surface area contributed by atoms with E-state index < -0.39 is 0 Å². The maximum absolute atomic E-state index is 6.16. The lowest BCUT2D eigenvalue weighted by molar-refractivity contribution is 0.413. The van der Waals surface area contributed by atoms with Gasteiger partial charge in [0.15, 0.2) is 0 Å². The highest BCUT2D eigenvalue weighted by atomic mass is 16.5. The Labute approximate surface area is 197 Å². The monoisotopic (exact) mass is 452 g/mol. The standard InChI is InChI=1S/C27H28N6O/c1-6-7-8-16-13(2)14(3)27(34-5)24-21(16)22-17(9-11-19-25(22)30-32-28-19)15(4)18-10-12-20-26(23(18)24)31-33-29-20/h9-12,15H,6-8H2,1-5H3,(H,28,30,32)(H,29,31,33). The van der Waals surface area contributed by atoms with Crippen molar-refractivity contribution in [3.8, 4) is 28.0 Å². The molecule has 5 aromatic rings. The van der Waals surface area contributed by atoms with Gasteiger partial charge < -0.3 is 4.74 Å². The highest BCUT2D eigenvalue weighted by molar-refractivity contribution is 6.08. The molecule has 0 saturated heterocycles. The van der Waals surface area contributed by atoms with Crippen LogP contribution in [0.25, 0.3) is 44.3 Å². The lowest BCUT2D eigenvalue weighted by atomic mass is 9.82. The van der Waals surface area contributed by atoms with E-state index in [0.29, 0.717) is 0 Å². The molecule has 0 amide bonds. The maximum atomic E-state index is 6.16. The zero-order valence-electron chi connectivity index (χ0n) is 20.2. The molecule has 2 N–H and O–H groups in total. The van der Waals surface area contributed by atoms with Gasteiger partial charge >= 0.3 is 0 Å². The van der Waals surface area contributed by atoms with Gasteiger partial charge in [-0.15, -0.1) is 10.2 Å². The fraction of sp³-hybridized carbons (Fsp3) is 0.333. The van der Waals surface area contributed by atoms with Gasteiger partial charge in [-0.2, -0.15) is 0 Å². The van der Waals surface area contributed by atoms with E-state index in [0.717, 1.165) is 63.8 Å². The number of methoxy groups -OCH3 is 1. The number of aromatic nitrogens is 6. The van der Waals surface area contributed by atoms with E-state index in [1.165, 1.54) is 33.4 Å². The molecule has 2 aromatic heterocycles. The largest absolute Gasteiger partial charge is 0.496 e. The molecule has 0 saturated carbocycles. The van der Waals surface area contributed by atoms with Crippen LogP contribution in [0.2, 0.25) is 0 Å². The Balaban J connectivity index is 1.91. The summed E-state index contributed by atoms with van der Waals surface area (Å²) in [6.07, 6.45) is 3.22. The zero-order valence-corrected chi connectivity index (χ0v) is 20.2. The van der Waals surface area contributed by atoms with Crippen molar-refractivity contribution in [2.24, 2.45) is 0 Å². The van der Waals surface area contributed by atoms with Crippen molar-refractivity contribution in [1.29, 1.82) is 0 Å². The Bertz CT molecular complexity index is 1580. The predicted octanol–water partition coefficient (Wildman–Crippen LogP) is 6.00. The molecule has 0 radical (unpaired) electrons. The molecular formula is C27H28N6O. The molecule has 2 heterocycles. The molecule has 0 fully saturated rings. The van der Waals surface area contributed by atoms with Crippen molar-refractivity contribution < 1.29 is 4.74 Å². The second kappa shape index (κ2) is 7.65. The van der Waals surface area contributed by atoms with Crippen LogP contribution < -0.4 is 4.74 Å². The molecular weight excluding hydrogens is 424 g/mol. The van der Waals surface area contributed by atoms with Gasteiger partial charge in [0.05, 0.1) is 18.1 Å². The zero-order chi connectivity index (χ0) is 23.6. The lowest BCUT2D eigenvalue weighted by Gasteiger charge is -2.24. The fourth-order valence-electron chi connectivity index (χ4n) is 5.75. The van der Waals surface area contributed by atoms with E-state index >= 15 is 0 Å². The molecule has 6 rings (SSSR count). The van der Waals surface area contributed by atoms with Crippen molar-refractivity contribution in [2.75, 3.05) is 7.11 Å². The summed E-state index contributed by atoms with van der Waals surface area (Å²) in [4.78, 5) is 0. The van der Waals surface area contributed by atoms with E-state index in [1.807, 2.05) is 0 Å². The molecule has 1 atom stereocenters. The Morgan fingerprint density at radius 3 is 1.97 bits per heavy atom. The van der Waals surface area contributed by atoms with Gasteiger partial charge in [-0.25, -0.2) is 0 Å². The van der Waals surface area contributed by atoms with E-state index in [-0.39, 0.29) is 5.92 Å². The molecule has 172 valence electrons. The number of fused-ring (bicyclic) bond motifs is 9. The summed E-state index contributed by atoms with van der Waals surface area (Å²) < 4.78 is 6.16. The molecule has 0 aliphatic heterocycles. The molecule has 7 nitrogen and oxygen atoms in total. The molecule has 1 aliphatic carbocycles. The first-order valence-corrected chi connectivity index (χ1v) is 11.9. The fourth-order valence-corrected chi connectivity index (χ4v) is 5.75. The number of nitrogens with one attached hydrogen (secondary N) is 2. The van der Waals surface area contributed by atoms with E-state index in [9.17, 15) is 0 Å². The van der Waals surface area contributed by atoms with Crippen molar-refractivity contribution in [3.05, 3.63) is 52.1 Å². The number of hydrogen-bond acceptors (Lipinski definition) is 5. The van der Waals surface area contributed by atoms with Crippen LogP contribution >= 0.6 is 0 Å². The second-order valence-electron chi connectivity index (χ2n) is 9.31. The number of aromatic amines is 2. The molecule has 3 aromatic carbocycles. The van der Waals surface area contributed by atoms with E-state index in [2.05, 4.69) is 82.8 Å². The normalized spacial score (nSPS) is 14.7. The van der Waals surface area contributed by atoms with Crippen LogP contribution in [-0.4, -0.2) is 37.9 Å². The Morgan fingerprint density at radius 1 is 0.824 bits per heavy atom. The third-order valence-corrected chi connectivity index (χ3v) is 7.61. The summed E-state index contributed by atoms with van der Waals surface area (Å²) >= 11 is 0. The number of hydrogen-bond donors (Lipinski definition) is 2. The first kappa shape index (κ1) is 20.8. The summed E-state index contributed by atoms with van der Waals surface area (Å²) in [5, 5.41) is 23.6. The van der Waals surface area contributed by atoms with Gasteiger partial charge in [-0.3, -0.25) is 10.2 Å². The molecule has 0 spiro atoms. The van der Waals surface area contributed by atoms with Gasteiger partial charge in [-0.05, 0) is 72.2 Å². The van der Waals surface area contributed by atoms with Crippen molar-refractivity contribution in [3.63, 3.8) is 0 Å². The first-order valence-electron chi connectivity index (χ1n) is 11.9. The average Bonchev–Trinajstić information content (AvgIpc) is 3.51. The first-order chi connectivity index (χ1) is 16.6. The topological polar surface area (TPSA) is 92.4 Å². The van der Waals surface area contributed by atoms with Gasteiger partial charge in [0, 0.05) is 22.6 Å². The van der Waals surface area contributed by atoms with Crippen LogP contribution in [0, 0.1) is 13.8 Å². The smallest absolute Gasteiger partial charge is 0.130 e. The highest BCUT2D eigenvalue weighted by Gasteiger charge is 2.34. The SMILES string of the molecule is CCCCc1c(C)c(C)c(OC)c2c1-c1c(ccc3[nH]nnc13)C(C)c1ccc3[nH]nnc3c1-2. The molecule has 0 bridgehead atoms. The van der Waals surface area contributed by atoms with Crippen LogP contribution in [0.15, 0.2) is 24.3 Å². The van der Waals surface area contributed by atoms with Crippen LogP contribution in [-0.2, 0) is 6.42 Å². The minimum absolute atomic E-state index is 0.129. The third-order valence-electron chi connectivity index (χ3n) is 7.61. The maximum Gasteiger partial charge on any atom is 0.130 e. The van der Waals surface area contributed by atoms with Crippen molar-refractivity contribution in [1.82, 2.24) is 30.8 Å². The van der Waals surface area contributed by atoms with Gasteiger partial charge in [0.1, 0.15) is 16.8 Å². The number of unbranched alkanes of at least 4 members (excludes halogenated alkanes) is 1. The quantitative estimate of drug-likeness (QED) is 0.349. The Kier molecular flexibility index (Phi) is 4.69. The van der Waals surface area contributed by atoms with Gasteiger partial charge in [0.25, 0.3) is 0 Å². The third kappa shape index (κ3) is 2.70. The Morgan fingerprint density at radius 2 is 1.41 bits per heavy atom. The van der Waals surface area contributed by atoms with Crippen LogP contribution in [0.5, 0.6) is 5.75 Å². The minimum atomic E-state index is 0.129. The number of H-pyrrole nitrogens is 2. The van der Waals surface area contributed by atoms with E-state index in [4.69, 9.17) is 4.74 Å². The average molecular weight is 453 g/mol. The van der Waals surface area contributed by atoms with E-state index in [1.54, 1.807) is 7.11 Å². The van der Waals surface area contributed by atoms with Crippen LogP contribution in [0.4, 0.5) is 0 Å². The minimum Gasteiger partial charge on any atom is -0.496 e. The van der Waals surface area contributed by atoms with Crippen molar-refractivity contribution in [2.45, 2.75) is 52.9 Å². The summed E-state index contributed by atoms with van der Waals surface area (Å²) in [7, 11) is 1.77. The number of nitrogens with zero attached hydrogens (tertiary/aromatic N) is 4. The molecule has 34 heavy (non-hydrogen) atoms. The second-order valence-corrected chi connectivity index (χ2v) is 9.31. The highest BCUT2D eigenvalue weighted by Crippen LogP contribution is 2.55. The summed E-state index contributed by atoms with van der Waals surface area (Å²) in [6.45, 7) is 8.89. The van der Waals surface area contributed by atoms with Crippen molar-refractivity contribution >= 4 is 22.1 Å². The molecule has 7 heteroatoms.